The van der Waals surface area contributed by atoms with Gasteiger partial charge in [0.25, 0.3) is 0 Å². The van der Waals surface area contributed by atoms with E-state index >= 15 is 0 Å². The second-order valence-corrected chi connectivity index (χ2v) is 9.70. The van der Waals surface area contributed by atoms with Gasteiger partial charge in [-0.1, -0.05) is 11.6 Å². The molecule has 0 bridgehead atoms. The van der Waals surface area contributed by atoms with Gasteiger partial charge in [0.15, 0.2) is 0 Å². The van der Waals surface area contributed by atoms with Gasteiger partial charge in [-0.05, 0) is 31.0 Å². The number of pyridine rings is 1. The van der Waals surface area contributed by atoms with Crippen LogP contribution in [-0.4, -0.2) is 96.3 Å². The number of nitrogens with one attached hydrogen (secondary N) is 3. The van der Waals surface area contributed by atoms with Crippen molar-refractivity contribution < 1.29 is 23.9 Å². The Bertz CT molecular complexity index is 1320. The van der Waals surface area contributed by atoms with Gasteiger partial charge < -0.3 is 30.0 Å². The van der Waals surface area contributed by atoms with Crippen LogP contribution in [0.4, 0.5) is 10.5 Å². The number of fused-ring (bicyclic) bond motifs is 3. The summed E-state index contributed by atoms with van der Waals surface area (Å²) < 4.78 is 10.2. The van der Waals surface area contributed by atoms with Crippen LogP contribution in [0.3, 0.4) is 0 Å². The molecule has 3 N–H and O–H groups in total. The standard InChI is InChI=1S/C25H29ClN6O5/c1-36-25(35)28-16-3-6-31(7-4-16)22(33)13-32-8-9-37-14-21(32)24(34)30-19-11-15(26)10-18-17-2-5-27-12-20(17)29-23(18)19/h2,5,10-12,16,21,29H,3-4,6-9,13-14H2,1H3,(H,28,35)(H,30,34)/t21-/m1/s1. The van der Waals surface area contributed by atoms with E-state index in [-0.39, 0.29) is 31.0 Å². The summed E-state index contributed by atoms with van der Waals surface area (Å²) >= 11 is 6.38. The van der Waals surface area contributed by atoms with Crippen molar-refractivity contribution >= 4 is 57.0 Å². The fourth-order valence-corrected chi connectivity index (χ4v) is 5.19. The molecule has 1 atom stereocenters. The Morgan fingerprint density at radius 1 is 1.22 bits per heavy atom. The molecule has 2 aliphatic rings. The van der Waals surface area contributed by atoms with Crippen LogP contribution in [0.5, 0.6) is 0 Å². The summed E-state index contributed by atoms with van der Waals surface area (Å²) in [6, 6.07) is 4.80. The van der Waals surface area contributed by atoms with E-state index < -0.39 is 12.1 Å². The molecule has 3 aromatic rings. The van der Waals surface area contributed by atoms with Gasteiger partial charge >= 0.3 is 6.09 Å². The number of aromatic nitrogens is 2. The summed E-state index contributed by atoms with van der Waals surface area (Å²) in [5.41, 5.74) is 2.15. The van der Waals surface area contributed by atoms with Gasteiger partial charge in [-0.2, -0.15) is 0 Å². The Balaban J connectivity index is 1.26. The number of ether oxygens (including phenoxy) is 2. The third kappa shape index (κ3) is 5.48. The Morgan fingerprint density at radius 2 is 2.03 bits per heavy atom. The Morgan fingerprint density at radius 3 is 2.81 bits per heavy atom. The molecule has 2 aliphatic heterocycles. The third-order valence-electron chi connectivity index (χ3n) is 6.97. The fraction of sp³-hybridized carbons (Fsp3) is 0.440. The first-order valence-corrected chi connectivity index (χ1v) is 12.6. The van der Waals surface area contributed by atoms with Crippen molar-refractivity contribution in [2.45, 2.75) is 24.9 Å². The minimum absolute atomic E-state index is 0.0200. The van der Waals surface area contributed by atoms with Crippen molar-refractivity contribution in [2.24, 2.45) is 0 Å². The Hall–Kier alpha value is -3.41. The highest BCUT2D eigenvalue weighted by molar-refractivity contribution is 6.33. The molecule has 0 aliphatic carbocycles. The van der Waals surface area contributed by atoms with Crippen LogP contribution in [-0.2, 0) is 19.1 Å². The predicted molar refractivity (Wildman–Crippen MR) is 139 cm³/mol. The number of rotatable bonds is 5. The van der Waals surface area contributed by atoms with Crippen molar-refractivity contribution in [3.63, 3.8) is 0 Å². The smallest absolute Gasteiger partial charge is 0.407 e. The maximum absolute atomic E-state index is 13.4. The molecule has 2 aromatic heterocycles. The number of hydrogen-bond acceptors (Lipinski definition) is 7. The second kappa shape index (κ2) is 10.9. The van der Waals surface area contributed by atoms with Gasteiger partial charge in [-0.15, -0.1) is 0 Å². The highest BCUT2D eigenvalue weighted by Crippen LogP contribution is 2.33. The van der Waals surface area contributed by atoms with E-state index in [1.807, 2.05) is 17.0 Å². The van der Waals surface area contributed by atoms with E-state index in [0.29, 0.717) is 49.8 Å². The lowest BCUT2D eigenvalue weighted by Gasteiger charge is -2.37. The number of anilines is 1. The summed E-state index contributed by atoms with van der Waals surface area (Å²) in [5, 5.41) is 8.12. The number of morpholine rings is 1. The SMILES string of the molecule is COC(=O)NC1CCN(C(=O)CN2CCOC[C@@H]2C(=O)Nc2cc(Cl)cc3c2[nH]c2cnccc23)CC1. The van der Waals surface area contributed by atoms with Crippen molar-refractivity contribution in [3.05, 3.63) is 35.6 Å². The number of methoxy groups -OCH3 is 1. The van der Waals surface area contributed by atoms with E-state index in [0.717, 1.165) is 21.8 Å². The van der Waals surface area contributed by atoms with Crippen LogP contribution in [0.15, 0.2) is 30.6 Å². The van der Waals surface area contributed by atoms with Crippen molar-refractivity contribution in [1.29, 1.82) is 0 Å². The van der Waals surface area contributed by atoms with Gasteiger partial charge in [-0.25, -0.2) is 4.79 Å². The van der Waals surface area contributed by atoms with Crippen LogP contribution in [0, 0.1) is 0 Å². The number of alkyl carbamates (subject to hydrolysis) is 1. The van der Waals surface area contributed by atoms with Crippen LogP contribution in [0.1, 0.15) is 12.8 Å². The number of nitrogens with zero attached hydrogens (tertiary/aromatic N) is 3. The monoisotopic (exact) mass is 528 g/mol. The van der Waals surface area contributed by atoms with Gasteiger partial charge in [0.1, 0.15) is 6.04 Å². The lowest BCUT2D eigenvalue weighted by molar-refractivity contribution is -0.138. The number of piperidine rings is 1. The molecular formula is C25H29ClN6O5. The van der Waals surface area contributed by atoms with Crippen LogP contribution < -0.4 is 10.6 Å². The molecule has 0 spiro atoms. The first-order chi connectivity index (χ1) is 17.9. The molecule has 5 rings (SSSR count). The highest BCUT2D eigenvalue weighted by atomic mass is 35.5. The van der Waals surface area contributed by atoms with E-state index in [4.69, 9.17) is 16.3 Å². The molecule has 1 aromatic carbocycles. The molecule has 0 radical (unpaired) electrons. The first kappa shape index (κ1) is 25.2. The van der Waals surface area contributed by atoms with Crippen LogP contribution in [0.2, 0.25) is 5.02 Å². The zero-order valence-corrected chi connectivity index (χ0v) is 21.2. The van der Waals surface area contributed by atoms with Crippen LogP contribution in [0.25, 0.3) is 21.8 Å². The summed E-state index contributed by atoms with van der Waals surface area (Å²) in [7, 11) is 1.33. The van der Waals surface area contributed by atoms with E-state index in [9.17, 15) is 14.4 Å². The normalized spacial score (nSPS) is 19.2. The molecule has 11 nitrogen and oxygen atoms in total. The summed E-state index contributed by atoms with van der Waals surface area (Å²) in [5.74, 6) is -0.321. The van der Waals surface area contributed by atoms with Crippen LogP contribution >= 0.6 is 11.6 Å². The molecule has 0 saturated carbocycles. The Labute approximate surface area is 218 Å². The van der Waals surface area contributed by atoms with Gasteiger partial charge in [0, 0.05) is 47.7 Å². The number of aromatic amines is 1. The van der Waals surface area contributed by atoms with Gasteiger partial charge in [-0.3, -0.25) is 19.5 Å². The largest absolute Gasteiger partial charge is 0.453 e. The zero-order valence-electron chi connectivity index (χ0n) is 20.5. The molecule has 0 unspecified atom stereocenters. The number of carbonyl (C=O) groups is 3. The Kier molecular flexibility index (Phi) is 7.45. The summed E-state index contributed by atoms with van der Waals surface area (Å²) in [6.07, 6.45) is 4.28. The number of hydrogen-bond donors (Lipinski definition) is 3. The van der Waals surface area contributed by atoms with Crippen molar-refractivity contribution in [2.75, 3.05) is 51.8 Å². The molecular weight excluding hydrogens is 500 g/mol. The fourth-order valence-electron chi connectivity index (χ4n) is 4.97. The van der Waals surface area contributed by atoms with Gasteiger partial charge in [0.2, 0.25) is 11.8 Å². The number of H-pyrrole nitrogens is 1. The predicted octanol–water partition coefficient (Wildman–Crippen LogP) is 2.36. The molecule has 37 heavy (non-hydrogen) atoms. The maximum atomic E-state index is 13.4. The van der Waals surface area contributed by atoms with Crippen molar-refractivity contribution in [1.82, 2.24) is 25.1 Å². The van der Waals surface area contributed by atoms with E-state index in [2.05, 4.69) is 25.3 Å². The number of carbonyl (C=O) groups excluding carboxylic acids is 3. The topological polar surface area (TPSA) is 129 Å². The van der Waals surface area contributed by atoms with Crippen molar-refractivity contribution in [3.8, 4) is 0 Å². The highest BCUT2D eigenvalue weighted by Gasteiger charge is 2.33. The third-order valence-corrected chi connectivity index (χ3v) is 7.19. The average Bonchev–Trinajstić information content (AvgIpc) is 3.28. The van der Waals surface area contributed by atoms with E-state index in [1.54, 1.807) is 23.4 Å². The molecule has 2 saturated heterocycles. The lowest BCUT2D eigenvalue weighted by atomic mass is 10.1. The number of amides is 3. The molecule has 4 heterocycles. The first-order valence-electron chi connectivity index (χ1n) is 12.2. The van der Waals surface area contributed by atoms with Gasteiger partial charge in [0.05, 0.1) is 49.8 Å². The van der Waals surface area contributed by atoms with E-state index in [1.165, 1.54) is 7.11 Å². The number of halogens is 1. The summed E-state index contributed by atoms with van der Waals surface area (Å²) in [6.45, 7) is 2.27. The second-order valence-electron chi connectivity index (χ2n) is 9.26. The molecule has 3 amide bonds. The molecule has 2 fully saturated rings. The molecule has 196 valence electrons. The quantitative estimate of drug-likeness (QED) is 0.463. The minimum Gasteiger partial charge on any atom is -0.453 e. The molecule has 12 heteroatoms. The zero-order chi connectivity index (χ0) is 25.9. The lowest BCUT2D eigenvalue weighted by Crippen LogP contribution is -2.56. The minimum atomic E-state index is -0.628. The average molecular weight is 529 g/mol. The number of likely N-dealkylation sites (tertiary alicyclic amines) is 1. The summed E-state index contributed by atoms with van der Waals surface area (Å²) in [4.78, 5) is 49.0. The maximum Gasteiger partial charge on any atom is 0.407 e. The number of benzene rings is 1.